The van der Waals surface area contributed by atoms with Gasteiger partial charge in [0.2, 0.25) is 0 Å². The average Bonchev–Trinajstić information content (AvgIpc) is 2.69. The molecule has 0 aromatic heterocycles. The van der Waals surface area contributed by atoms with Crippen LogP contribution in [0.4, 0.5) is 4.39 Å². The Morgan fingerprint density at radius 3 is 2.72 bits per heavy atom. The number of likely N-dealkylation sites (tertiary alicyclic amines) is 1. The van der Waals surface area contributed by atoms with E-state index in [1.807, 2.05) is 31.1 Å². The first kappa shape index (κ1) is 23.6. The molecule has 1 aliphatic rings. The quantitative estimate of drug-likeness (QED) is 0.354. The highest BCUT2D eigenvalue weighted by molar-refractivity contribution is 5.80. The summed E-state index contributed by atoms with van der Waals surface area (Å²) in [6.07, 6.45) is 3.31. The molecule has 7 heteroatoms. The maximum Gasteiger partial charge on any atom is 0.191 e. The van der Waals surface area contributed by atoms with Gasteiger partial charge >= 0.3 is 0 Å². The maximum absolute atomic E-state index is 14.0. The highest BCUT2D eigenvalue weighted by atomic mass is 19.1. The molecule has 0 unspecified atom stereocenters. The molecular weight excluding hydrogens is 369 g/mol. The molecule has 0 amide bonds. The van der Waals surface area contributed by atoms with Crippen molar-refractivity contribution in [1.29, 1.82) is 0 Å². The molecule has 0 aliphatic carbocycles. The molecule has 0 atom stereocenters. The Balaban J connectivity index is 1.88. The first-order chi connectivity index (χ1) is 14.0. The zero-order chi connectivity index (χ0) is 21.1. The maximum atomic E-state index is 14.0. The summed E-state index contributed by atoms with van der Waals surface area (Å²) >= 11 is 0. The van der Waals surface area contributed by atoms with Crippen molar-refractivity contribution in [2.45, 2.75) is 45.3 Å². The zero-order valence-corrected chi connectivity index (χ0v) is 18.5. The highest BCUT2D eigenvalue weighted by Crippen LogP contribution is 2.14. The zero-order valence-electron chi connectivity index (χ0n) is 18.5. The Hall–Kier alpha value is -1.70. The number of nitrogens with zero attached hydrogens (tertiary/aromatic N) is 3. The van der Waals surface area contributed by atoms with Crippen molar-refractivity contribution in [1.82, 2.24) is 20.4 Å². The van der Waals surface area contributed by atoms with Crippen LogP contribution < -0.4 is 10.6 Å². The molecule has 1 fully saturated rings. The van der Waals surface area contributed by atoms with E-state index < -0.39 is 0 Å². The van der Waals surface area contributed by atoms with Crippen molar-refractivity contribution < 1.29 is 9.13 Å². The number of halogens is 1. The van der Waals surface area contributed by atoms with Crippen LogP contribution >= 0.6 is 0 Å². The fraction of sp³-hybridized carbons (Fsp3) is 0.682. The first-order valence-corrected chi connectivity index (χ1v) is 10.7. The summed E-state index contributed by atoms with van der Waals surface area (Å²) < 4.78 is 19.1. The molecule has 29 heavy (non-hydrogen) atoms. The van der Waals surface area contributed by atoms with Gasteiger partial charge in [-0.2, -0.15) is 0 Å². The first-order valence-electron chi connectivity index (χ1n) is 10.7. The molecule has 6 nitrogen and oxygen atoms in total. The van der Waals surface area contributed by atoms with E-state index in [2.05, 4.69) is 22.5 Å². The molecule has 1 saturated heterocycles. The van der Waals surface area contributed by atoms with Gasteiger partial charge in [0.15, 0.2) is 5.96 Å². The van der Waals surface area contributed by atoms with Gasteiger partial charge in [0.25, 0.3) is 0 Å². The molecule has 1 aromatic rings. The van der Waals surface area contributed by atoms with Crippen molar-refractivity contribution in [3.63, 3.8) is 0 Å². The van der Waals surface area contributed by atoms with Crippen LogP contribution in [0.15, 0.2) is 23.2 Å². The monoisotopic (exact) mass is 407 g/mol. The van der Waals surface area contributed by atoms with Gasteiger partial charge in [-0.25, -0.2) is 9.38 Å². The van der Waals surface area contributed by atoms with Gasteiger partial charge in [-0.1, -0.05) is 6.07 Å². The van der Waals surface area contributed by atoms with E-state index in [0.29, 0.717) is 24.7 Å². The van der Waals surface area contributed by atoms with Gasteiger partial charge in [-0.3, -0.25) is 0 Å². The van der Waals surface area contributed by atoms with Gasteiger partial charge in [-0.15, -0.1) is 0 Å². The number of hydrogen-bond donors (Lipinski definition) is 2. The van der Waals surface area contributed by atoms with Gasteiger partial charge < -0.3 is 25.2 Å². The molecule has 0 saturated carbocycles. The molecule has 1 heterocycles. The van der Waals surface area contributed by atoms with E-state index in [4.69, 9.17) is 9.73 Å². The van der Waals surface area contributed by atoms with E-state index in [9.17, 15) is 4.39 Å². The predicted molar refractivity (Wildman–Crippen MR) is 118 cm³/mol. The van der Waals surface area contributed by atoms with Gasteiger partial charge in [-0.05, 0) is 58.0 Å². The fourth-order valence-corrected chi connectivity index (χ4v) is 3.61. The van der Waals surface area contributed by atoms with Crippen LogP contribution in [0, 0.1) is 5.82 Å². The minimum absolute atomic E-state index is 0.159. The summed E-state index contributed by atoms with van der Waals surface area (Å²) in [6.45, 7) is 8.15. The lowest BCUT2D eigenvalue weighted by molar-refractivity contribution is 0.155. The smallest absolute Gasteiger partial charge is 0.191 e. The average molecular weight is 408 g/mol. The third-order valence-electron chi connectivity index (χ3n) is 5.11. The Labute approximate surface area is 175 Å². The summed E-state index contributed by atoms with van der Waals surface area (Å²) in [5, 5.41) is 6.92. The van der Waals surface area contributed by atoms with E-state index in [0.717, 1.165) is 63.6 Å². The van der Waals surface area contributed by atoms with Crippen LogP contribution in [0.2, 0.25) is 0 Å². The predicted octanol–water partition coefficient (Wildman–Crippen LogP) is 2.44. The molecule has 2 N–H and O–H groups in total. The Bertz CT molecular complexity index is 630. The van der Waals surface area contributed by atoms with Crippen LogP contribution in [0.1, 0.15) is 37.3 Å². The largest absolute Gasteiger partial charge is 0.385 e. The number of guanidine groups is 1. The second kappa shape index (κ2) is 12.8. The standard InChI is InChI=1S/C22H38FN5O/c1-5-24-22(26-20-9-12-28(13-10-20)11-6-14-29-4)25-16-18-7-8-21(23)19(15-18)17-27(2)3/h7-8,15,20H,5-6,9-14,16-17H2,1-4H3,(H2,24,25,26). The molecule has 0 radical (unpaired) electrons. The van der Waals surface area contributed by atoms with Gasteiger partial charge in [0.1, 0.15) is 5.82 Å². The van der Waals surface area contributed by atoms with E-state index in [1.165, 1.54) is 0 Å². The third-order valence-corrected chi connectivity index (χ3v) is 5.11. The van der Waals surface area contributed by atoms with Crippen molar-refractivity contribution in [3.8, 4) is 0 Å². The number of piperidine rings is 1. The van der Waals surface area contributed by atoms with Crippen molar-refractivity contribution in [3.05, 3.63) is 35.1 Å². The number of methoxy groups -OCH3 is 1. The van der Waals surface area contributed by atoms with Crippen LogP contribution in [0.3, 0.4) is 0 Å². The second-order valence-electron chi connectivity index (χ2n) is 7.97. The summed E-state index contributed by atoms with van der Waals surface area (Å²) in [4.78, 5) is 9.21. The summed E-state index contributed by atoms with van der Waals surface area (Å²) in [6, 6.07) is 5.72. The van der Waals surface area contributed by atoms with Crippen LogP contribution in [-0.4, -0.2) is 75.8 Å². The van der Waals surface area contributed by atoms with Crippen LogP contribution in [0.25, 0.3) is 0 Å². The molecule has 0 bridgehead atoms. The summed E-state index contributed by atoms with van der Waals surface area (Å²) in [5.74, 6) is 0.678. The second-order valence-corrected chi connectivity index (χ2v) is 7.97. The number of aliphatic imine (C=N–C) groups is 1. The summed E-state index contributed by atoms with van der Waals surface area (Å²) in [7, 11) is 5.65. The number of hydrogen-bond acceptors (Lipinski definition) is 4. The lowest BCUT2D eigenvalue weighted by Gasteiger charge is -2.33. The minimum atomic E-state index is -0.159. The molecule has 2 rings (SSSR count). The molecule has 1 aromatic carbocycles. The number of rotatable bonds is 10. The highest BCUT2D eigenvalue weighted by Gasteiger charge is 2.19. The Morgan fingerprint density at radius 2 is 2.07 bits per heavy atom. The van der Waals surface area contributed by atoms with Crippen LogP contribution in [-0.2, 0) is 17.8 Å². The molecule has 0 spiro atoms. The minimum Gasteiger partial charge on any atom is -0.385 e. The fourth-order valence-electron chi connectivity index (χ4n) is 3.61. The SMILES string of the molecule is CCNC(=NCc1ccc(F)c(CN(C)C)c1)NC1CCN(CCCOC)CC1. The normalized spacial score (nSPS) is 16.4. The number of nitrogens with one attached hydrogen (secondary N) is 2. The van der Waals surface area contributed by atoms with E-state index >= 15 is 0 Å². The van der Waals surface area contributed by atoms with Crippen molar-refractivity contribution in [2.75, 3.05) is 54.0 Å². The lowest BCUT2D eigenvalue weighted by atomic mass is 10.1. The molecule has 164 valence electrons. The molecule has 1 aliphatic heterocycles. The van der Waals surface area contributed by atoms with E-state index in [-0.39, 0.29) is 5.82 Å². The van der Waals surface area contributed by atoms with E-state index in [1.54, 1.807) is 13.2 Å². The lowest BCUT2D eigenvalue weighted by Crippen LogP contribution is -2.48. The molecular formula is C22H38FN5O. The Kier molecular flexibility index (Phi) is 10.4. The Morgan fingerprint density at radius 1 is 1.31 bits per heavy atom. The topological polar surface area (TPSA) is 52.1 Å². The van der Waals surface area contributed by atoms with Gasteiger partial charge in [0, 0.05) is 58.0 Å². The van der Waals surface area contributed by atoms with Crippen LogP contribution in [0.5, 0.6) is 0 Å². The summed E-state index contributed by atoms with van der Waals surface area (Å²) in [5.41, 5.74) is 1.73. The third kappa shape index (κ3) is 8.68. The van der Waals surface area contributed by atoms with Crippen molar-refractivity contribution >= 4 is 5.96 Å². The van der Waals surface area contributed by atoms with Gasteiger partial charge in [0.05, 0.1) is 6.54 Å². The van der Waals surface area contributed by atoms with Crippen molar-refractivity contribution in [2.24, 2.45) is 4.99 Å². The number of ether oxygens (including phenoxy) is 1. The number of benzene rings is 1.